The zero-order chi connectivity index (χ0) is 14.8. The van der Waals surface area contributed by atoms with Crippen LogP contribution >= 0.6 is 27.3 Å². The third kappa shape index (κ3) is 2.71. The predicted molar refractivity (Wildman–Crippen MR) is 82.5 cm³/mol. The highest BCUT2D eigenvalue weighted by molar-refractivity contribution is 9.10. The summed E-state index contributed by atoms with van der Waals surface area (Å²) >= 11 is 4.72. The van der Waals surface area contributed by atoms with Crippen molar-refractivity contribution in [1.82, 2.24) is 0 Å². The maximum atomic E-state index is 12.2. The minimum absolute atomic E-state index is 0.0806. The van der Waals surface area contributed by atoms with Crippen LogP contribution in [0, 0.1) is 11.3 Å². The second-order valence-electron chi connectivity index (χ2n) is 4.20. The minimum Gasteiger partial charge on any atom is -0.454 e. The molecule has 0 N–H and O–H groups in total. The number of nitrogens with zero attached hydrogens (tertiary/aromatic N) is 1. The Kier molecular flexibility index (Phi) is 3.78. The molecule has 1 aromatic heterocycles. The van der Waals surface area contributed by atoms with Crippen LogP contribution in [0.4, 0.5) is 0 Å². The number of ether oxygens (including phenoxy) is 2. The van der Waals surface area contributed by atoms with E-state index in [4.69, 9.17) is 9.47 Å². The summed E-state index contributed by atoms with van der Waals surface area (Å²) in [6.45, 7) is 0.175. The van der Waals surface area contributed by atoms with Gasteiger partial charge in [-0.25, -0.2) is 0 Å². The van der Waals surface area contributed by atoms with Crippen molar-refractivity contribution >= 4 is 39.1 Å². The molecule has 0 spiro atoms. The SMILES string of the molecule is N#C/C(=C\c1cc2c(cc1Br)OCO2)C(=O)c1cccs1. The number of hydrogen-bond donors (Lipinski definition) is 0. The number of allylic oxidation sites excluding steroid dienone is 1. The van der Waals surface area contributed by atoms with Gasteiger partial charge in [0.2, 0.25) is 12.6 Å². The fraction of sp³-hybridized carbons (Fsp3) is 0.0667. The molecule has 0 saturated heterocycles. The van der Waals surface area contributed by atoms with Gasteiger partial charge in [-0.15, -0.1) is 11.3 Å². The number of fused-ring (bicyclic) bond motifs is 1. The fourth-order valence-corrected chi connectivity index (χ4v) is 3.00. The molecule has 1 aromatic carbocycles. The molecule has 0 unspecified atom stereocenters. The molecule has 0 fully saturated rings. The van der Waals surface area contributed by atoms with Crippen LogP contribution in [0.3, 0.4) is 0 Å². The Bertz CT molecular complexity index is 775. The maximum Gasteiger partial charge on any atom is 0.231 e. The summed E-state index contributed by atoms with van der Waals surface area (Å²) in [4.78, 5) is 12.8. The van der Waals surface area contributed by atoms with E-state index in [-0.39, 0.29) is 18.1 Å². The quantitative estimate of drug-likeness (QED) is 0.470. The Balaban J connectivity index is 2.00. The number of rotatable bonds is 3. The number of thiophene rings is 1. The van der Waals surface area contributed by atoms with Crippen LogP contribution < -0.4 is 9.47 Å². The highest BCUT2D eigenvalue weighted by atomic mass is 79.9. The Morgan fingerprint density at radius 2 is 2.14 bits per heavy atom. The molecule has 0 atom stereocenters. The second kappa shape index (κ2) is 5.72. The highest BCUT2D eigenvalue weighted by Crippen LogP contribution is 2.37. The summed E-state index contributed by atoms with van der Waals surface area (Å²) in [6, 6.07) is 8.95. The number of ketones is 1. The number of Topliss-reactive ketones (excluding diaryl/α,β-unsaturated/α-hetero) is 1. The molecular weight excluding hydrogens is 354 g/mol. The molecule has 0 saturated carbocycles. The average molecular weight is 362 g/mol. The molecule has 1 aliphatic heterocycles. The van der Waals surface area contributed by atoms with Gasteiger partial charge in [0.15, 0.2) is 11.5 Å². The summed E-state index contributed by atoms with van der Waals surface area (Å²) in [5.41, 5.74) is 0.776. The van der Waals surface area contributed by atoms with Gasteiger partial charge >= 0.3 is 0 Å². The maximum absolute atomic E-state index is 12.2. The largest absolute Gasteiger partial charge is 0.454 e. The molecular formula is C15H8BrNO3S. The molecule has 6 heteroatoms. The van der Waals surface area contributed by atoms with Crippen molar-refractivity contribution < 1.29 is 14.3 Å². The highest BCUT2D eigenvalue weighted by Gasteiger charge is 2.18. The molecule has 0 amide bonds. The third-order valence-electron chi connectivity index (χ3n) is 2.90. The van der Waals surface area contributed by atoms with E-state index >= 15 is 0 Å². The van der Waals surface area contributed by atoms with Crippen molar-refractivity contribution in [3.8, 4) is 17.6 Å². The lowest BCUT2D eigenvalue weighted by molar-refractivity contribution is 0.104. The van der Waals surface area contributed by atoms with Gasteiger partial charge in [0.05, 0.1) is 4.88 Å². The van der Waals surface area contributed by atoms with Crippen LogP contribution in [0.25, 0.3) is 6.08 Å². The van der Waals surface area contributed by atoms with Gasteiger partial charge in [0, 0.05) is 4.47 Å². The van der Waals surface area contributed by atoms with Crippen molar-refractivity contribution in [2.75, 3.05) is 6.79 Å². The molecule has 1 aliphatic rings. The van der Waals surface area contributed by atoms with Crippen molar-refractivity contribution in [3.05, 3.63) is 50.1 Å². The molecule has 21 heavy (non-hydrogen) atoms. The van der Waals surface area contributed by atoms with E-state index in [0.717, 1.165) is 4.47 Å². The number of carbonyl (C=O) groups excluding carboxylic acids is 1. The topological polar surface area (TPSA) is 59.3 Å². The molecule has 2 heterocycles. The third-order valence-corrected chi connectivity index (χ3v) is 4.46. The smallest absolute Gasteiger partial charge is 0.231 e. The summed E-state index contributed by atoms with van der Waals surface area (Å²) in [5, 5.41) is 11.0. The predicted octanol–water partition coefficient (Wildman–Crippen LogP) is 4.03. The minimum atomic E-state index is -0.280. The van der Waals surface area contributed by atoms with E-state index in [1.54, 1.807) is 35.7 Å². The molecule has 0 aliphatic carbocycles. The monoisotopic (exact) mass is 361 g/mol. The van der Waals surface area contributed by atoms with E-state index in [9.17, 15) is 10.1 Å². The summed E-state index contributed by atoms with van der Waals surface area (Å²) in [5.74, 6) is 0.962. The second-order valence-corrected chi connectivity index (χ2v) is 6.01. The Hall–Kier alpha value is -2.10. The molecule has 0 bridgehead atoms. The Labute approximate surface area is 133 Å². The molecule has 4 nitrogen and oxygen atoms in total. The van der Waals surface area contributed by atoms with Gasteiger partial charge < -0.3 is 9.47 Å². The number of nitriles is 1. The van der Waals surface area contributed by atoms with Crippen molar-refractivity contribution in [2.45, 2.75) is 0 Å². The molecule has 104 valence electrons. The normalized spacial score (nSPS) is 13.0. The zero-order valence-corrected chi connectivity index (χ0v) is 13.0. The summed E-state index contributed by atoms with van der Waals surface area (Å²) < 4.78 is 11.3. The van der Waals surface area contributed by atoms with Gasteiger partial charge in [-0.05, 0) is 35.2 Å². The van der Waals surface area contributed by atoms with Crippen LogP contribution in [-0.2, 0) is 0 Å². The van der Waals surface area contributed by atoms with Gasteiger partial charge in [-0.1, -0.05) is 22.0 Å². The lowest BCUT2D eigenvalue weighted by Gasteiger charge is -2.03. The Morgan fingerprint density at radius 3 is 2.81 bits per heavy atom. The lowest BCUT2D eigenvalue weighted by Crippen LogP contribution is -1.99. The zero-order valence-electron chi connectivity index (χ0n) is 10.6. The van der Waals surface area contributed by atoms with E-state index in [1.165, 1.54) is 11.3 Å². The van der Waals surface area contributed by atoms with Crippen molar-refractivity contribution in [2.24, 2.45) is 0 Å². The summed E-state index contributed by atoms with van der Waals surface area (Å²) in [6.07, 6.45) is 1.55. The standard InChI is InChI=1S/C15H8BrNO3S/c16-11-6-13-12(19-8-20-13)5-9(11)4-10(7-17)15(18)14-2-1-3-21-14/h1-6H,8H2/b10-4+. The first-order valence-electron chi connectivity index (χ1n) is 5.98. The first-order valence-corrected chi connectivity index (χ1v) is 7.65. The number of benzene rings is 1. The molecule has 0 radical (unpaired) electrons. The van der Waals surface area contributed by atoms with E-state index < -0.39 is 0 Å². The molecule has 2 aromatic rings. The van der Waals surface area contributed by atoms with Crippen molar-refractivity contribution in [3.63, 3.8) is 0 Å². The van der Waals surface area contributed by atoms with Gasteiger partial charge in [-0.2, -0.15) is 5.26 Å². The number of carbonyl (C=O) groups is 1. The number of halogens is 1. The van der Waals surface area contributed by atoms with Crippen LogP contribution in [0.15, 0.2) is 39.7 Å². The summed E-state index contributed by atoms with van der Waals surface area (Å²) in [7, 11) is 0. The average Bonchev–Trinajstić information content (AvgIpc) is 3.14. The fourth-order valence-electron chi connectivity index (χ4n) is 1.89. The van der Waals surface area contributed by atoms with Gasteiger partial charge in [-0.3, -0.25) is 4.79 Å². The molecule has 3 rings (SSSR count). The van der Waals surface area contributed by atoms with Gasteiger partial charge in [0.1, 0.15) is 11.6 Å². The van der Waals surface area contributed by atoms with E-state index in [1.807, 2.05) is 6.07 Å². The van der Waals surface area contributed by atoms with Gasteiger partial charge in [0.25, 0.3) is 0 Å². The van der Waals surface area contributed by atoms with Crippen molar-refractivity contribution in [1.29, 1.82) is 5.26 Å². The van der Waals surface area contributed by atoms with E-state index in [2.05, 4.69) is 15.9 Å². The first-order chi connectivity index (χ1) is 10.2. The van der Waals surface area contributed by atoms with Crippen LogP contribution in [-0.4, -0.2) is 12.6 Å². The number of hydrogen-bond acceptors (Lipinski definition) is 5. The first kappa shape index (κ1) is 13.9. The van der Waals surface area contributed by atoms with E-state index in [0.29, 0.717) is 21.9 Å². The Morgan fingerprint density at radius 1 is 1.38 bits per heavy atom. The van der Waals surface area contributed by atoms with Crippen LogP contribution in [0.5, 0.6) is 11.5 Å². The van der Waals surface area contributed by atoms with Crippen LogP contribution in [0.1, 0.15) is 15.2 Å². The lowest BCUT2D eigenvalue weighted by atomic mass is 10.1. The van der Waals surface area contributed by atoms with Crippen LogP contribution in [0.2, 0.25) is 0 Å².